The van der Waals surface area contributed by atoms with E-state index in [9.17, 15) is 4.79 Å². The number of aromatic nitrogens is 3. The standard InChI is InChI=1S/C23H25Cl3N4O2S/c1-13(32-15-8-6-14(7-9-15)23(2,3)4)21-28-29-22(30(21)5)33-12-20(31)27-19-11-17(25)16(24)10-18(19)26/h6-11,13H,12H2,1-5H3,(H,27,31). The third kappa shape index (κ3) is 6.57. The zero-order valence-electron chi connectivity index (χ0n) is 18.9. The van der Waals surface area contributed by atoms with E-state index in [1.54, 1.807) is 0 Å². The molecule has 3 aromatic rings. The van der Waals surface area contributed by atoms with Crippen LogP contribution in [-0.2, 0) is 17.3 Å². The normalized spacial score (nSPS) is 12.5. The largest absolute Gasteiger partial charge is 0.483 e. The van der Waals surface area contributed by atoms with Crippen LogP contribution in [0.2, 0.25) is 15.1 Å². The Hall–Kier alpha value is -1.93. The molecule has 0 saturated carbocycles. The number of rotatable bonds is 7. The first-order valence-electron chi connectivity index (χ1n) is 10.2. The summed E-state index contributed by atoms with van der Waals surface area (Å²) in [6, 6.07) is 11.1. The highest BCUT2D eigenvalue weighted by atomic mass is 35.5. The molecule has 1 unspecified atom stereocenters. The van der Waals surface area contributed by atoms with Gasteiger partial charge in [0.1, 0.15) is 5.75 Å². The van der Waals surface area contributed by atoms with Gasteiger partial charge in [-0.15, -0.1) is 10.2 Å². The summed E-state index contributed by atoms with van der Waals surface area (Å²) in [6.45, 7) is 8.42. The molecule has 176 valence electrons. The van der Waals surface area contributed by atoms with Crippen LogP contribution < -0.4 is 10.1 Å². The number of carbonyl (C=O) groups is 1. The van der Waals surface area contributed by atoms with Crippen LogP contribution in [0, 0.1) is 0 Å². The molecule has 0 spiro atoms. The van der Waals surface area contributed by atoms with Gasteiger partial charge in [0.2, 0.25) is 5.91 Å². The third-order valence-electron chi connectivity index (χ3n) is 4.88. The van der Waals surface area contributed by atoms with E-state index in [0.29, 0.717) is 31.7 Å². The number of halogens is 3. The average molecular weight is 528 g/mol. The Balaban J connectivity index is 1.60. The van der Waals surface area contributed by atoms with Crippen LogP contribution in [0.1, 0.15) is 45.2 Å². The lowest BCUT2D eigenvalue weighted by Crippen LogP contribution is -2.15. The van der Waals surface area contributed by atoms with Crippen molar-refractivity contribution in [2.75, 3.05) is 11.1 Å². The summed E-state index contributed by atoms with van der Waals surface area (Å²) in [5, 5.41) is 12.7. The summed E-state index contributed by atoms with van der Waals surface area (Å²) in [6.07, 6.45) is -0.318. The molecule has 10 heteroatoms. The van der Waals surface area contributed by atoms with Crippen LogP contribution in [0.15, 0.2) is 41.6 Å². The molecule has 0 radical (unpaired) electrons. The Morgan fingerprint density at radius 1 is 1.09 bits per heavy atom. The molecule has 0 saturated heterocycles. The molecule has 6 nitrogen and oxygen atoms in total. The molecule has 1 amide bonds. The molecule has 1 N–H and O–H groups in total. The first kappa shape index (κ1) is 25.7. The molecular formula is C23H25Cl3N4O2S. The first-order valence-corrected chi connectivity index (χ1v) is 12.3. The predicted molar refractivity (Wildman–Crippen MR) is 136 cm³/mol. The van der Waals surface area contributed by atoms with E-state index in [0.717, 1.165) is 5.75 Å². The summed E-state index contributed by atoms with van der Waals surface area (Å²) >= 11 is 19.3. The van der Waals surface area contributed by atoms with E-state index in [-0.39, 0.29) is 23.2 Å². The number of anilines is 1. The zero-order chi connectivity index (χ0) is 24.3. The molecule has 0 aliphatic rings. The number of hydrogen-bond donors (Lipinski definition) is 1. The van der Waals surface area contributed by atoms with Crippen molar-refractivity contribution in [2.24, 2.45) is 7.05 Å². The van der Waals surface area contributed by atoms with Crippen molar-refractivity contribution in [3.63, 3.8) is 0 Å². The topological polar surface area (TPSA) is 69.0 Å². The Labute approximate surface area is 213 Å². The molecule has 0 fully saturated rings. The Morgan fingerprint density at radius 2 is 1.73 bits per heavy atom. The number of hydrogen-bond acceptors (Lipinski definition) is 5. The Bertz CT molecular complexity index is 1140. The van der Waals surface area contributed by atoms with E-state index in [4.69, 9.17) is 39.5 Å². The van der Waals surface area contributed by atoms with E-state index in [1.807, 2.05) is 30.7 Å². The Morgan fingerprint density at radius 3 is 2.36 bits per heavy atom. The van der Waals surface area contributed by atoms with Gasteiger partial charge in [0.25, 0.3) is 0 Å². The predicted octanol–water partition coefficient (Wildman–Crippen LogP) is 6.94. The first-order chi connectivity index (χ1) is 15.5. The summed E-state index contributed by atoms with van der Waals surface area (Å²) in [5.74, 6) is 1.27. The second-order valence-electron chi connectivity index (χ2n) is 8.52. The van der Waals surface area contributed by atoms with Gasteiger partial charge >= 0.3 is 0 Å². The van der Waals surface area contributed by atoms with Crippen molar-refractivity contribution >= 4 is 58.2 Å². The van der Waals surface area contributed by atoms with Crippen LogP contribution in [-0.4, -0.2) is 26.4 Å². The fourth-order valence-electron chi connectivity index (χ4n) is 3.03. The number of ether oxygens (including phenoxy) is 1. The van der Waals surface area contributed by atoms with Crippen LogP contribution in [0.3, 0.4) is 0 Å². The van der Waals surface area contributed by atoms with Crippen molar-refractivity contribution in [2.45, 2.75) is 44.4 Å². The third-order valence-corrected chi connectivity index (χ3v) is 6.94. The van der Waals surface area contributed by atoms with Gasteiger partial charge in [-0.25, -0.2) is 0 Å². The van der Waals surface area contributed by atoms with Crippen molar-refractivity contribution in [1.82, 2.24) is 14.8 Å². The van der Waals surface area contributed by atoms with E-state index < -0.39 is 0 Å². The summed E-state index contributed by atoms with van der Waals surface area (Å²) in [7, 11) is 1.84. The highest BCUT2D eigenvalue weighted by Crippen LogP contribution is 2.32. The van der Waals surface area contributed by atoms with E-state index in [1.165, 1.54) is 29.5 Å². The van der Waals surface area contributed by atoms with Crippen LogP contribution >= 0.6 is 46.6 Å². The quantitative estimate of drug-likeness (QED) is 0.266. The number of thioether (sulfide) groups is 1. The number of carbonyl (C=O) groups excluding carboxylic acids is 1. The van der Waals surface area contributed by atoms with Crippen molar-refractivity contribution in [1.29, 1.82) is 0 Å². The maximum atomic E-state index is 12.4. The molecule has 2 aromatic carbocycles. The van der Waals surface area contributed by atoms with Crippen LogP contribution in [0.25, 0.3) is 0 Å². The number of nitrogens with zero attached hydrogens (tertiary/aromatic N) is 3. The molecule has 1 atom stereocenters. The van der Waals surface area contributed by atoms with E-state index in [2.05, 4.69) is 48.4 Å². The van der Waals surface area contributed by atoms with Crippen molar-refractivity contribution < 1.29 is 9.53 Å². The lowest BCUT2D eigenvalue weighted by atomic mass is 9.87. The maximum absolute atomic E-state index is 12.4. The van der Waals surface area contributed by atoms with Crippen molar-refractivity contribution in [3.8, 4) is 5.75 Å². The minimum Gasteiger partial charge on any atom is -0.483 e. The lowest BCUT2D eigenvalue weighted by Gasteiger charge is -2.20. The second-order valence-corrected chi connectivity index (χ2v) is 10.7. The minimum atomic E-state index is -0.318. The number of nitrogens with one attached hydrogen (secondary N) is 1. The molecular weight excluding hydrogens is 503 g/mol. The molecule has 0 aliphatic heterocycles. The van der Waals surface area contributed by atoms with Gasteiger partial charge in [-0.1, -0.05) is 79.5 Å². The lowest BCUT2D eigenvalue weighted by molar-refractivity contribution is -0.113. The number of benzene rings is 2. The highest BCUT2D eigenvalue weighted by molar-refractivity contribution is 7.99. The van der Waals surface area contributed by atoms with Gasteiger partial charge in [-0.05, 0) is 42.2 Å². The molecule has 0 aliphatic carbocycles. The fourth-order valence-corrected chi connectivity index (χ4v) is 4.34. The van der Waals surface area contributed by atoms with Crippen LogP contribution in [0.4, 0.5) is 5.69 Å². The summed E-state index contributed by atoms with van der Waals surface area (Å²) < 4.78 is 7.87. The SMILES string of the molecule is CC(Oc1ccc(C(C)(C)C)cc1)c1nnc(SCC(=O)Nc2cc(Cl)c(Cl)cc2Cl)n1C. The maximum Gasteiger partial charge on any atom is 0.234 e. The Kier molecular flexibility index (Phi) is 8.22. The van der Waals surface area contributed by atoms with Gasteiger partial charge in [-0.2, -0.15) is 0 Å². The van der Waals surface area contributed by atoms with Gasteiger partial charge < -0.3 is 14.6 Å². The minimum absolute atomic E-state index is 0.0807. The summed E-state index contributed by atoms with van der Waals surface area (Å²) in [5.41, 5.74) is 1.72. The molecule has 1 heterocycles. The van der Waals surface area contributed by atoms with Crippen LogP contribution in [0.5, 0.6) is 5.75 Å². The summed E-state index contributed by atoms with van der Waals surface area (Å²) in [4.78, 5) is 12.4. The molecule has 3 rings (SSSR count). The smallest absolute Gasteiger partial charge is 0.234 e. The zero-order valence-corrected chi connectivity index (χ0v) is 22.0. The number of amides is 1. The van der Waals surface area contributed by atoms with Crippen molar-refractivity contribution in [3.05, 3.63) is 62.9 Å². The highest BCUT2D eigenvalue weighted by Gasteiger charge is 2.19. The monoisotopic (exact) mass is 526 g/mol. The molecule has 1 aromatic heterocycles. The molecule has 33 heavy (non-hydrogen) atoms. The van der Waals surface area contributed by atoms with E-state index >= 15 is 0 Å². The van der Waals surface area contributed by atoms with Gasteiger partial charge in [0.05, 0.1) is 26.5 Å². The van der Waals surface area contributed by atoms with Gasteiger partial charge in [0, 0.05) is 7.05 Å². The molecule has 0 bridgehead atoms. The second kappa shape index (κ2) is 10.6. The van der Waals surface area contributed by atoms with Gasteiger partial charge in [0.15, 0.2) is 17.1 Å². The average Bonchev–Trinajstić information content (AvgIpc) is 3.10. The van der Waals surface area contributed by atoms with Gasteiger partial charge in [-0.3, -0.25) is 4.79 Å². The fraction of sp³-hybridized carbons (Fsp3) is 0.348.